The van der Waals surface area contributed by atoms with Crippen molar-refractivity contribution in [3.63, 3.8) is 0 Å². The first-order chi connectivity index (χ1) is 8.61. The molecule has 2 rings (SSSR count). The molecule has 0 saturated carbocycles. The van der Waals surface area contributed by atoms with E-state index in [2.05, 4.69) is 13.8 Å². The van der Waals surface area contributed by atoms with Gasteiger partial charge in [-0.3, -0.25) is 0 Å². The van der Waals surface area contributed by atoms with Gasteiger partial charge in [-0.25, -0.2) is 4.79 Å². The number of carboxylic acid groups (broad SMARTS) is 1. The Kier molecular flexibility index (Phi) is 3.62. The largest absolute Gasteiger partial charge is 0.478 e. The van der Waals surface area contributed by atoms with Crippen molar-refractivity contribution in [3.05, 3.63) is 34.5 Å². The number of hydrogen-bond acceptors (Lipinski definition) is 1. The van der Waals surface area contributed by atoms with Gasteiger partial charge in [0.25, 0.3) is 0 Å². The van der Waals surface area contributed by atoms with Gasteiger partial charge in [0.15, 0.2) is 0 Å². The molecule has 2 aromatic rings. The lowest BCUT2D eigenvalue weighted by atomic mass is 10.1. The first kappa shape index (κ1) is 13.0. The summed E-state index contributed by atoms with van der Waals surface area (Å²) in [4.78, 5) is 11.4. The Morgan fingerprint density at radius 1 is 1.39 bits per heavy atom. The van der Waals surface area contributed by atoms with Crippen LogP contribution in [0.3, 0.4) is 0 Å². The Balaban J connectivity index is 2.87. The summed E-state index contributed by atoms with van der Waals surface area (Å²) in [7, 11) is 0. The summed E-state index contributed by atoms with van der Waals surface area (Å²) >= 11 is 6.24. The van der Waals surface area contributed by atoms with Gasteiger partial charge in [-0.15, -0.1) is 0 Å². The maximum absolute atomic E-state index is 11.4. The van der Waals surface area contributed by atoms with Crippen molar-refractivity contribution in [2.45, 2.75) is 33.2 Å². The van der Waals surface area contributed by atoms with Crippen molar-refractivity contribution in [1.82, 2.24) is 4.57 Å². The Morgan fingerprint density at radius 2 is 2.11 bits per heavy atom. The summed E-state index contributed by atoms with van der Waals surface area (Å²) in [5, 5.41) is 10.4. The number of aryl methyl sites for hydroxylation is 2. The van der Waals surface area contributed by atoms with Crippen molar-refractivity contribution in [3.8, 4) is 0 Å². The van der Waals surface area contributed by atoms with E-state index in [1.165, 1.54) is 0 Å². The maximum atomic E-state index is 11.4. The van der Waals surface area contributed by atoms with Crippen LogP contribution < -0.4 is 0 Å². The topological polar surface area (TPSA) is 42.2 Å². The maximum Gasteiger partial charge on any atom is 0.339 e. The number of nitrogens with zero attached hydrogens (tertiary/aromatic N) is 1. The van der Waals surface area contributed by atoms with Gasteiger partial charge in [0.05, 0.1) is 5.52 Å². The normalized spacial score (nSPS) is 11.1. The van der Waals surface area contributed by atoms with Crippen LogP contribution in [0, 0.1) is 0 Å². The molecule has 18 heavy (non-hydrogen) atoms. The Bertz CT molecular complexity index is 601. The fourth-order valence-corrected chi connectivity index (χ4v) is 2.73. The molecule has 0 bridgehead atoms. The second kappa shape index (κ2) is 5.02. The summed E-state index contributed by atoms with van der Waals surface area (Å²) in [5.74, 6) is -0.965. The molecule has 1 aromatic carbocycles. The molecule has 0 fully saturated rings. The van der Waals surface area contributed by atoms with E-state index in [1.807, 2.05) is 22.8 Å². The van der Waals surface area contributed by atoms with Crippen LogP contribution >= 0.6 is 11.6 Å². The number of fused-ring (bicyclic) bond motifs is 1. The van der Waals surface area contributed by atoms with Crippen molar-refractivity contribution in [2.24, 2.45) is 0 Å². The Hall–Kier alpha value is -1.48. The molecular weight excluding hydrogens is 250 g/mol. The number of aromatic carboxylic acids is 1. The highest BCUT2D eigenvalue weighted by atomic mass is 35.5. The molecule has 0 unspecified atom stereocenters. The summed E-state index contributed by atoms with van der Waals surface area (Å²) in [6.07, 6.45) is 1.78. The lowest BCUT2D eigenvalue weighted by Crippen LogP contribution is -2.00. The first-order valence-corrected chi connectivity index (χ1v) is 6.52. The number of aromatic nitrogens is 1. The summed E-state index contributed by atoms with van der Waals surface area (Å²) < 4.78 is 1.92. The van der Waals surface area contributed by atoms with Gasteiger partial charge in [0.2, 0.25) is 0 Å². The van der Waals surface area contributed by atoms with Crippen LogP contribution in [0.5, 0.6) is 0 Å². The zero-order valence-corrected chi connectivity index (χ0v) is 11.3. The average Bonchev–Trinajstić information content (AvgIpc) is 2.63. The second-order valence-electron chi connectivity index (χ2n) is 4.29. The van der Waals surface area contributed by atoms with Crippen LogP contribution in [-0.2, 0) is 13.0 Å². The average molecular weight is 266 g/mol. The van der Waals surface area contributed by atoms with Crippen LogP contribution in [0.1, 0.15) is 36.2 Å². The van der Waals surface area contributed by atoms with Crippen LogP contribution in [-0.4, -0.2) is 15.6 Å². The lowest BCUT2D eigenvalue weighted by molar-refractivity contribution is 0.0699. The SMILES string of the molecule is CCCn1c(Cl)c(C(=O)O)c2cccc(CC)c21. The minimum Gasteiger partial charge on any atom is -0.478 e. The highest BCUT2D eigenvalue weighted by Crippen LogP contribution is 2.32. The number of rotatable bonds is 4. The van der Waals surface area contributed by atoms with Crippen molar-refractivity contribution in [1.29, 1.82) is 0 Å². The zero-order valence-electron chi connectivity index (χ0n) is 10.5. The Morgan fingerprint density at radius 3 is 2.67 bits per heavy atom. The van der Waals surface area contributed by atoms with Crippen molar-refractivity contribution < 1.29 is 9.90 Å². The van der Waals surface area contributed by atoms with Gasteiger partial charge in [0.1, 0.15) is 10.7 Å². The van der Waals surface area contributed by atoms with Crippen LogP contribution in [0.2, 0.25) is 5.15 Å². The van der Waals surface area contributed by atoms with E-state index in [9.17, 15) is 9.90 Å². The molecule has 0 atom stereocenters. The predicted octanol–water partition coefficient (Wildman–Crippen LogP) is 3.97. The van der Waals surface area contributed by atoms with E-state index in [-0.39, 0.29) is 5.56 Å². The van der Waals surface area contributed by atoms with Crippen molar-refractivity contribution >= 4 is 28.5 Å². The number of benzene rings is 1. The van der Waals surface area contributed by atoms with Crippen LogP contribution in [0.15, 0.2) is 18.2 Å². The molecule has 0 aliphatic heterocycles. The van der Waals surface area contributed by atoms with Crippen LogP contribution in [0.4, 0.5) is 0 Å². The number of halogens is 1. The van der Waals surface area contributed by atoms with Gasteiger partial charge in [-0.05, 0) is 18.4 Å². The summed E-state index contributed by atoms with van der Waals surface area (Å²) in [5.41, 5.74) is 2.31. The predicted molar refractivity (Wildman–Crippen MR) is 73.6 cm³/mol. The molecule has 0 aliphatic rings. The molecule has 1 N–H and O–H groups in total. The number of carbonyl (C=O) groups is 1. The molecule has 0 aliphatic carbocycles. The van der Waals surface area contributed by atoms with E-state index >= 15 is 0 Å². The third-order valence-electron chi connectivity index (χ3n) is 3.14. The van der Waals surface area contributed by atoms with E-state index in [0.29, 0.717) is 5.15 Å². The molecule has 1 aromatic heterocycles. The van der Waals surface area contributed by atoms with Crippen LogP contribution in [0.25, 0.3) is 10.9 Å². The molecular formula is C14H16ClNO2. The second-order valence-corrected chi connectivity index (χ2v) is 4.65. The quantitative estimate of drug-likeness (QED) is 0.909. The molecule has 0 saturated heterocycles. The lowest BCUT2D eigenvalue weighted by Gasteiger charge is -2.08. The third-order valence-corrected chi connectivity index (χ3v) is 3.54. The van der Waals surface area contributed by atoms with Gasteiger partial charge in [-0.2, -0.15) is 0 Å². The standard InChI is InChI=1S/C14H16ClNO2/c1-3-8-16-12-9(4-2)6-5-7-10(12)11(13(16)15)14(17)18/h5-7H,3-4,8H2,1-2H3,(H,17,18). The zero-order chi connectivity index (χ0) is 13.3. The molecule has 3 nitrogen and oxygen atoms in total. The van der Waals surface area contributed by atoms with E-state index in [4.69, 9.17) is 11.6 Å². The van der Waals surface area contributed by atoms with Gasteiger partial charge < -0.3 is 9.67 Å². The van der Waals surface area contributed by atoms with Gasteiger partial charge >= 0.3 is 5.97 Å². The monoisotopic (exact) mass is 265 g/mol. The van der Waals surface area contributed by atoms with Crippen molar-refractivity contribution in [2.75, 3.05) is 0 Å². The molecule has 4 heteroatoms. The summed E-state index contributed by atoms with van der Waals surface area (Å²) in [6, 6.07) is 5.74. The number of para-hydroxylation sites is 1. The minimum atomic E-state index is -0.965. The summed E-state index contributed by atoms with van der Waals surface area (Å²) in [6.45, 7) is 4.85. The van der Waals surface area contributed by atoms with Gasteiger partial charge in [0, 0.05) is 11.9 Å². The third kappa shape index (κ3) is 1.89. The number of hydrogen-bond donors (Lipinski definition) is 1. The highest BCUT2D eigenvalue weighted by Gasteiger charge is 2.21. The smallest absolute Gasteiger partial charge is 0.339 e. The fourth-order valence-electron chi connectivity index (χ4n) is 2.38. The van der Waals surface area contributed by atoms with Gasteiger partial charge in [-0.1, -0.05) is 43.6 Å². The molecule has 0 radical (unpaired) electrons. The molecule has 1 heterocycles. The molecule has 0 spiro atoms. The van der Waals surface area contributed by atoms with E-state index < -0.39 is 5.97 Å². The fraction of sp³-hybridized carbons (Fsp3) is 0.357. The Labute approximate surface area is 111 Å². The highest BCUT2D eigenvalue weighted by molar-refractivity contribution is 6.35. The van der Waals surface area contributed by atoms with E-state index in [0.717, 1.165) is 35.9 Å². The van der Waals surface area contributed by atoms with E-state index in [1.54, 1.807) is 0 Å². The molecule has 0 amide bonds. The number of carboxylic acids is 1. The minimum absolute atomic E-state index is 0.218. The first-order valence-electron chi connectivity index (χ1n) is 6.14. The molecule has 96 valence electrons.